The molecule has 1 saturated heterocycles. The Morgan fingerprint density at radius 2 is 1.50 bits per heavy atom. The first-order chi connectivity index (χ1) is 23.8. The third-order valence-electron chi connectivity index (χ3n) is 8.88. The third-order valence-corrected chi connectivity index (χ3v) is 12.7. The molecule has 270 valence electrons. The molecule has 16 heteroatoms. The standard InChI is InChI=1S/C34H41Cl2N5O7S2/c1-5-48-30-16-15-28(50(45,46)38(3)47-4)23-29(30)33-37-31(24-7-11-26(35)12-8-24)32(25-9-13-27(36)14-10-25)41(33)34(42)40-19-17-39(18-20-40)21-22-49(43,44)6-2/h7-16,23,31-32H,5-6,17-22H2,1-4H3/t31-,32+/m0/s1. The number of carbonyl (C=O) groups is 1. The molecule has 2 heterocycles. The summed E-state index contributed by atoms with van der Waals surface area (Å²) in [5.74, 6) is 0.709. The molecular weight excluding hydrogens is 725 g/mol. The summed E-state index contributed by atoms with van der Waals surface area (Å²) < 4.78 is 57.9. The van der Waals surface area contributed by atoms with Crippen molar-refractivity contribution in [2.45, 2.75) is 30.8 Å². The fourth-order valence-electron chi connectivity index (χ4n) is 5.95. The predicted octanol–water partition coefficient (Wildman–Crippen LogP) is 5.29. The lowest BCUT2D eigenvalue weighted by Crippen LogP contribution is -2.54. The van der Waals surface area contributed by atoms with Crippen molar-refractivity contribution in [2.24, 2.45) is 4.99 Å². The predicted molar refractivity (Wildman–Crippen MR) is 194 cm³/mol. The van der Waals surface area contributed by atoms with Gasteiger partial charge in [-0.1, -0.05) is 58.9 Å². The minimum absolute atomic E-state index is 0.0551. The van der Waals surface area contributed by atoms with Gasteiger partial charge in [-0.15, -0.1) is 0 Å². The van der Waals surface area contributed by atoms with Crippen LogP contribution in [0, 0.1) is 0 Å². The molecule has 0 unspecified atom stereocenters. The van der Waals surface area contributed by atoms with Gasteiger partial charge in [0.15, 0.2) is 9.84 Å². The summed E-state index contributed by atoms with van der Waals surface area (Å²) in [5.41, 5.74) is 1.85. The maximum Gasteiger partial charge on any atom is 0.326 e. The van der Waals surface area contributed by atoms with Gasteiger partial charge in [0.25, 0.3) is 10.0 Å². The number of piperazine rings is 1. The van der Waals surface area contributed by atoms with E-state index in [0.717, 1.165) is 15.6 Å². The molecule has 2 aliphatic heterocycles. The number of nitrogens with zero attached hydrogens (tertiary/aromatic N) is 5. The molecular formula is C34H41Cl2N5O7S2. The Morgan fingerprint density at radius 1 is 0.900 bits per heavy atom. The number of carbonyl (C=O) groups excluding carboxylic acids is 1. The summed E-state index contributed by atoms with van der Waals surface area (Å²) >= 11 is 12.6. The third kappa shape index (κ3) is 8.28. The molecule has 0 saturated carbocycles. The van der Waals surface area contributed by atoms with Crippen LogP contribution < -0.4 is 4.74 Å². The van der Waals surface area contributed by atoms with Crippen molar-refractivity contribution in [3.05, 3.63) is 93.5 Å². The van der Waals surface area contributed by atoms with E-state index < -0.39 is 31.9 Å². The average Bonchev–Trinajstić information content (AvgIpc) is 3.51. The monoisotopic (exact) mass is 765 g/mol. The zero-order chi connectivity index (χ0) is 36.2. The summed E-state index contributed by atoms with van der Waals surface area (Å²) in [6.45, 7) is 5.76. The largest absolute Gasteiger partial charge is 0.493 e. The van der Waals surface area contributed by atoms with Crippen LogP contribution in [0.15, 0.2) is 76.6 Å². The summed E-state index contributed by atoms with van der Waals surface area (Å²) in [6, 6.07) is 17.2. The van der Waals surface area contributed by atoms with E-state index in [4.69, 9.17) is 37.8 Å². The minimum Gasteiger partial charge on any atom is -0.493 e. The van der Waals surface area contributed by atoms with E-state index in [1.807, 2.05) is 36.1 Å². The van der Waals surface area contributed by atoms with Crippen LogP contribution in [0.5, 0.6) is 5.75 Å². The van der Waals surface area contributed by atoms with Crippen molar-refractivity contribution in [1.29, 1.82) is 0 Å². The average molecular weight is 767 g/mol. The normalized spacial score (nSPS) is 18.8. The molecule has 1 fully saturated rings. The molecule has 50 heavy (non-hydrogen) atoms. The molecule has 5 rings (SSSR count). The highest BCUT2D eigenvalue weighted by Gasteiger charge is 2.45. The smallest absolute Gasteiger partial charge is 0.326 e. The zero-order valence-electron chi connectivity index (χ0n) is 28.3. The molecule has 3 aromatic carbocycles. The zero-order valence-corrected chi connectivity index (χ0v) is 31.5. The lowest BCUT2D eigenvalue weighted by Gasteiger charge is -2.39. The van der Waals surface area contributed by atoms with Gasteiger partial charge in [0.2, 0.25) is 0 Å². The van der Waals surface area contributed by atoms with Gasteiger partial charge in [0.05, 0.1) is 36.0 Å². The lowest BCUT2D eigenvalue weighted by molar-refractivity contribution is -0.0258. The Morgan fingerprint density at radius 3 is 2.06 bits per heavy atom. The number of ether oxygens (including phenoxy) is 1. The fraction of sp³-hybridized carbons (Fsp3) is 0.412. The number of rotatable bonds is 12. The van der Waals surface area contributed by atoms with Crippen LogP contribution in [0.3, 0.4) is 0 Å². The van der Waals surface area contributed by atoms with E-state index >= 15 is 0 Å². The first kappa shape index (κ1) is 38.0. The van der Waals surface area contributed by atoms with E-state index in [1.54, 1.807) is 47.1 Å². The molecule has 3 aromatic rings. The number of halogens is 2. The Kier molecular flexibility index (Phi) is 12.1. The van der Waals surface area contributed by atoms with Crippen LogP contribution in [-0.4, -0.2) is 113 Å². The molecule has 0 bridgehead atoms. The van der Waals surface area contributed by atoms with Gasteiger partial charge in [0.1, 0.15) is 17.6 Å². The first-order valence-corrected chi connectivity index (χ1v) is 20.2. The van der Waals surface area contributed by atoms with Gasteiger partial charge in [-0.05, 0) is 60.5 Å². The number of aliphatic imine (C=N–C) groups is 1. The van der Waals surface area contributed by atoms with Crippen molar-refractivity contribution in [1.82, 2.24) is 19.2 Å². The number of sulfonamides is 1. The van der Waals surface area contributed by atoms with Crippen molar-refractivity contribution in [3.8, 4) is 5.75 Å². The van der Waals surface area contributed by atoms with E-state index in [1.165, 1.54) is 26.3 Å². The number of amides is 2. The maximum atomic E-state index is 14.9. The Labute approximate surface area is 304 Å². The number of hydroxylamine groups is 1. The van der Waals surface area contributed by atoms with Crippen LogP contribution in [-0.2, 0) is 24.7 Å². The van der Waals surface area contributed by atoms with E-state index in [2.05, 4.69) is 0 Å². The van der Waals surface area contributed by atoms with Crippen LogP contribution in [0.25, 0.3) is 0 Å². The van der Waals surface area contributed by atoms with Crippen LogP contribution in [0.1, 0.15) is 42.6 Å². The van der Waals surface area contributed by atoms with Gasteiger partial charge >= 0.3 is 6.03 Å². The van der Waals surface area contributed by atoms with Crippen molar-refractivity contribution in [2.75, 3.05) is 65.0 Å². The highest BCUT2D eigenvalue weighted by atomic mass is 35.5. The number of benzene rings is 3. The lowest BCUT2D eigenvalue weighted by atomic mass is 9.93. The van der Waals surface area contributed by atoms with Gasteiger partial charge < -0.3 is 9.64 Å². The van der Waals surface area contributed by atoms with Crippen LogP contribution >= 0.6 is 23.2 Å². The second kappa shape index (κ2) is 16.0. The first-order valence-electron chi connectivity index (χ1n) is 16.2. The Hall–Kier alpha value is -3.24. The fourth-order valence-corrected chi connectivity index (χ4v) is 8.03. The Balaban J connectivity index is 1.63. The van der Waals surface area contributed by atoms with Crippen molar-refractivity contribution < 1.29 is 31.2 Å². The van der Waals surface area contributed by atoms with Gasteiger partial charge in [0, 0.05) is 55.6 Å². The van der Waals surface area contributed by atoms with Crippen molar-refractivity contribution >= 4 is 54.9 Å². The number of hydrogen-bond donors (Lipinski definition) is 0. The van der Waals surface area contributed by atoms with Gasteiger partial charge in [-0.3, -0.25) is 19.6 Å². The molecule has 2 aliphatic rings. The molecule has 0 aliphatic carbocycles. The quantitative estimate of drug-likeness (QED) is 0.228. The van der Waals surface area contributed by atoms with E-state index in [9.17, 15) is 21.6 Å². The van der Waals surface area contributed by atoms with Crippen molar-refractivity contribution in [3.63, 3.8) is 0 Å². The summed E-state index contributed by atoms with van der Waals surface area (Å²) in [7, 11) is -4.68. The highest BCUT2D eigenvalue weighted by Crippen LogP contribution is 2.46. The van der Waals surface area contributed by atoms with Gasteiger partial charge in [-0.2, -0.15) is 0 Å². The minimum atomic E-state index is -4.09. The molecule has 0 radical (unpaired) electrons. The molecule has 2 amide bonds. The molecule has 2 atom stereocenters. The summed E-state index contributed by atoms with van der Waals surface area (Å²) in [5, 5.41) is 1.06. The van der Waals surface area contributed by atoms with Crippen LogP contribution in [0.2, 0.25) is 10.0 Å². The number of hydrogen-bond acceptors (Lipinski definition) is 9. The summed E-state index contributed by atoms with van der Waals surface area (Å²) in [6.07, 6.45) is 0. The van der Waals surface area contributed by atoms with Gasteiger partial charge in [-0.25, -0.2) is 21.6 Å². The summed E-state index contributed by atoms with van der Waals surface area (Å²) in [4.78, 5) is 30.3. The van der Waals surface area contributed by atoms with E-state index in [0.29, 0.717) is 54.1 Å². The number of sulfone groups is 1. The number of amidine groups is 1. The van der Waals surface area contributed by atoms with Crippen LogP contribution in [0.4, 0.5) is 4.79 Å². The SMILES string of the molecule is CCOc1ccc(S(=O)(=O)N(C)OC)cc1C1=N[C@@H](c2ccc(Cl)cc2)[C@@H](c2ccc(Cl)cc2)N1C(=O)N1CCN(CCS(=O)(=O)CC)CC1. The molecule has 0 aromatic heterocycles. The van der Waals surface area contributed by atoms with E-state index in [-0.39, 0.29) is 34.9 Å². The molecule has 0 spiro atoms. The Bertz CT molecular complexity index is 1920. The topological polar surface area (TPSA) is 129 Å². The maximum absolute atomic E-state index is 14.9. The number of urea groups is 1. The second-order valence-corrected chi connectivity index (χ2v) is 17.1. The molecule has 12 nitrogen and oxygen atoms in total. The molecule has 0 N–H and O–H groups in total. The highest BCUT2D eigenvalue weighted by molar-refractivity contribution is 7.91. The second-order valence-electron chi connectivity index (χ2n) is 11.9.